The Morgan fingerprint density at radius 2 is 2.06 bits per heavy atom. The molecule has 5 heteroatoms. The molecule has 0 fully saturated rings. The smallest absolute Gasteiger partial charge is 0.318 e. The van der Waals surface area contributed by atoms with Gasteiger partial charge in [0.05, 0.1) is 12.8 Å². The van der Waals surface area contributed by atoms with Gasteiger partial charge in [0.25, 0.3) is 0 Å². The first kappa shape index (κ1) is 13.2. The van der Waals surface area contributed by atoms with Gasteiger partial charge in [0.1, 0.15) is 5.82 Å². The molecule has 17 heavy (non-hydrogen) atoms. The number of anilines is 1. The number of nitrogens with one attached hydrogen (secondary N) is 1. The number of carbonyl (C=O) groups excluding carboxylic acids is 1. The summed E-state index contributed by atoms with van der Waals surface area (Å²) in [5.41, 5.74) is 1.56. The highest BCUT2D eigenvalue weighted by molar-refractivity contribution is 5.76. The summed E-state index contributed by atoms with van der Waals surface area (Å²) in [6, 6.07) is 0.244. The van der Waals surface area contributed by atoms with Crippen LogP contribution in [0.25, 0.3) is 6.08 Å². The van der Waals surface area contributed by atoms with E-state index in [1.807, 2.05) is 19.1 Å². The SMILES string of the molecule is COc1nc(C)c(/C=C\C(C)C)c(NC=O)n1. The maximum Gasteiger partial charge on any atom is 0.318 e. The van der Waals surface area contributed by atoms with E-state index in [4.69, 9.17) is 4.74 Å². The molecule has 0 aliphatic heterocycles. The minimum atomic E-state index is 0.244. The topological polar surface area (TPSA) is 64.1 Å². The number of methoxy groups -OCH3 is 1. The summed E-state index contributed by atoms with van der Waals surface area (Å²) >= 11 is 0. The Kier molecular flexibility index (Phi) is 4.63. The van der Waals surface area contributed by atoms with Gasteiger partial charge >= 0.3 is 6.01 Å². The lowest BCUT2D eigenvalue weighted by Gasteiger charge is -2.08. The van der Waals surface area contributed by atoms with E-state index in [0.29, 0.717) is 18.1 Å². The number of ether oxygens (including phenoxy) is 1. The number of rotatable bonds is 5. The van der Waals surface area contributed by atoms with Crippen molar-refractivity contribution in [3.8, 4) is 6.01 Å². The first-order valence-corrected chi connectivity index (χ1v) is 5.39. The Hall–Kier alpha value is -1.91. The second-order valence-corrected chi connectivity index (χ2v) is 3.92. The van der Waals surface area contributed by atoms with Gasteiger partial charge in [-0.05, 0) is 12.8 Å². The van der Waals surface area contributed by atoms with Gasteiger partial charge in [-0.1, -0.05) is 26.0 Å². The van der Waals surface area contributed by atoms with E-state index in [1.54, 1.807) is 0 Å². The molecule has 92 valence electrons. The number of aromatic nitrogens is 2. The molecule has 1 heterocycles. The van der Waals surface area contributed by atoms with Crippen LogP contribution in [0.5, 0.6) is 6.01 Å². The van der Waals surface area contributed by atoms with E-state index in [1.165, 1.54) is 7.11 Å². The molecule has 1 aromatic heterocycles. The quantitative estimate of drug-likeness (QED) is 0.793. The molecule has 1 rings (SSSR count). The summed E-state index contributed by atoms with van der Waals surface area (Å²) in [4.78, 5) is 18.8. The van der Waals surface area contributed by atoms with Gasteiger partial charge in [0.15, 0.2) is 0 Å². The number of hydrogen-bond donors (Lipinski definition) is 1. The monoisotopic (exact) mass is 235 g/mol. The van der Waals surface area contributed by atoms with Crippen molar-refractivity contribution >= 4 is 18.3 Å². The van der Waals surface area contributed by atoms with Crippen molar-refractivity contribution in [2.45, 2.75) is 20.8 Å². The zero-order valence-electron chi connectivity index (χ0n) is 10.5. The Morgan fingerprint density at radius 1 is 1.35 bits per heavy atom. The second-order valence-electron chi connectivity index (χ2n) is 3.92. The largest absolute Gasteiger partial charge is 0.467 e. The lowest BCUT2D eigenvalue weighted by molar-refractivity contribution is -0.105. The van der Waals surface area contributed by atoms with Crippen LogP contribution >= 0.6 is 0 Å². The van der Waals surface area contributed by atoms with E-state index in [9.17, 15) is 4.79 Å². The molecule has 0 bridgehead atoms. The minimum Gasteiger partial charge on any atom is -0.467 e. The zero-order valence-corrected chi connectivity index (χ0v) is 10.5. The van der Waals surface area contributed by atoms with E-state index < -0.39 is 0 Å². The number of allylic oxidation sites excluding steroid dienone is 1. The van der Waals surface area contributed by atoms with Crippen LogP contribution in [-0.2, 0) is 4.79 Å². The summed E-state index contributed by atoms with van der Waals surface area (Å²) in [7, 11) is 1.49. The standard InChI is InChI=1S/C12H17N3O2/c1-8(2)5-6-10-9(3)14-12(17-4)15-11(10)13-7-16/h5-8H,1-4H3,(H,13,14,15,16)/b6-5-. The van der Waals surface area contributed by atoms with Crippen LogP contribution in [-0.4, -0.2) is 23.5 Å². The number of nitrogens with zero attached hydrogens (tertiary/aromatic N) is 2. The highest BCUT2D eigenvalue weighted by Crippen LogP contribution is 2.21. The molecule has 0 aromatic carbocycles. The predicted octanol–water partition coefficient (Wildman–Crippen LogP) is 2.03. The average Bonchev–Trinajstić information content (AvgIpc) is 2.27. The lowest BCUT2D eigenvalue weighted by Crippen LogP contribution is -2.05. The van der Waals surface area contributed by atoms with Gasteiger partial charge < -0.3 is 10.1 Å². The fourth-order valence-corrected chi connectivity index (χ4v) is 1.30. The van der Waals surface area contributed by atoms with Crippen LogP contribution in [0.2, 0.25) is 0 Å². The average molecular weight is 235 g/mol. The van der Waals surface area contributed by atoms with Crippen LogP contribution in [0, 0.1) is 12.8 Å². The minimum absolute atomic E-state index is 0.244. The molecule has 0 spiro atoms. The number of amides is 1. The van der Waals surface area contributed by atoms with Crippen molar-refractivity contribution < 1.29 is 9.53 Å². The molecular weight excluding hydrogens is 218 g/mol. The predicted molar refractivity (Wildman–Crippen MR) is 66.9 cm³/mol. The van der Waals surface area contributed by atoms with Crippen LogP contribution in [0.4, 0.5) is 5.82 Å². The van der Waals surface area contributed by atoms with E-state index in [-0.39, 0.29) is 6.01 Å². The summed E-state index contributed by atoms with van der Waals surface area (Å²) in [5, 5.41) is 2.55. The Bertz CT molecular complexity index is 428. The van der Waals surface area contributed by atoms with Crippen molar-refractivity contribution in [2.24, 2.45) is 5.92 Å². The molecule has 1 amide bonds. The molecule has 0 saturated heterocycles. The van der Waals surface area contributed by atoms with Crippen molar-refractivity contribution in [1.82, 2.24) is 9.97 Å². The van der Waals surface area contributed by atoms with Gasteiger partial charge in [0, 0.05) is 5.56 Å². The van der Waals surface area contributed by atoms with Crippen molar-refractivity contribution in [1.29, 1.82) is 0 Å². The van der Waals surface area contributed by atoms with Crippen LogP contribution in [0.1, 0.15) is 25.1 Å². The molecular formula is C12H17N3O2. The van der Waals surface area contributed by atoms with Gasteiger partial charge in [0.2, 0.25) is 6.41 Å². The van der Waals surface area contributed by atoms with Gasteiger partial charge in [-0.2, -0.15) is 9.97 Å². The third-order valence-electron chi connectivity index (χ3n) is 2.14. The third-order valence-corrected chi connectivity index (χ3v) is 2.14. The Morgan fingerprint density at radius 3 is 2.59 bits per heavy atom. The maximum atomic E-state index is 10.5. The third kappa shape index (κ3) is 3.55. The first-order chi connectivity index (χ1) is 8.08. The summed E-state index contributed by atoms with van der Waals surface area (Å²) < 4.78 is 4.96. The number of hydrogen-bond acceptors (Lipinski definition) is 4. The molecule has 0 unspecified atom stereocenters. The molecule has 1 aromatic rings. The van der Waals surface area contributed by atoms with Crippen LogP contribution < -0.4 is 10.1 Å². The molecule has 5 nitrogen and oxygen atoms in total. The molecule has 0 radical (unpaired) electrons. The van der Waals surface area contributed by atoms with Crippen molar-refractivity contribution in [2.75, 3.05) is 12.4 Å². The molecule has 1 N–H and O–H groups in total. The lowest BCUT2D eigenvalue weighted by atomic mass is 10.1. The molecule has 0 atom stereocenters. The maximum absolute atomic E-state index is 10.5. The molecule has 0 aliphatic rings. The summed E-state index contributed by atoms with van der Waals surface area (Å²) in [6.07, 6.45) is 4.52. The van der Waals surface area contributed by atoms with E-state index >= 15 is 0 Å². The van der Waals surface area contributed by atoms with Gasteiger partial charge in [-0.15, -0.1) is 0 Å². The van der Waals surface area contributed by atoms with Crippen LogP contribution in [0.3, 0.4) is 0 Å². The van der Waals surface area contributed by atoms with Gasteiger partial charge in [-0.25, -0.2) is 0 Å². The fourth-order valence-electron chi connectivity index (χ4n) is 1.30. The molecule has 0 saturated carbocycles. The summed E-state index contributed by atoms with van der Waals surface area (Å²) in [5.74, 6) is 0.877. The van der Waals surface area contributed by atoms with Crippen molar-refractivity contribution in [3.05, 3.63) is 17.3 Å². The van der Waals surface area contributed by atoms with Crippen molar-refractivity contribution in [3.63, 3.8) is 0 Å². The van der Waals surface area contributed by atoms with E-state index in [2.05, 4.69) is 29.1 Å². The Labute approximate surface area is 101 Å². The van der Waals surface area contributed by atoms with Crippen LogP contribution in [0.15, 0.2) is 6.08 Å². The van der Waals surface area contributed by atoms with E-state index in [0.717, 1.165) is 11.3 Å². The second kappa shape index (κ2) is 5.98. The molecule has 0 aliphatic carbocycles. The number of aryl methyl sites for hydroxylation is 1. The normalized spacial score (nSPS) is 10.9. The van der Waals surface area contributed by atoms with Gasteiger partial charge in [-0.3, -0.25) is 4.79 Å². The summed E-state index contributed by atoms with van der Waals surface area (Å²) in [6.45, 7) is 5.99. The highest BCUT2D eigenvalue weighted by Gasteiger charge is 2.09. The number of carbonyl (C=O) groups is 1. The highest BCUT2D eigenvalue weighted by atomic mass is 16.5. The Balaban J connectivity index is 3.20. The first-order valence-electron chi connectivity index (χ1n) is 5.39. The fraction of sp³-hybridized carbons (Fsp3) is 0.417. The zero-order chi connectivity index (χ0) is 12.8.